The van der Waals surface area contributed by atoms with E-state index in [4.69, 9.17) is 31.4 Å². The first-order chi connectivity index (χ1) is 11.4. The van der Waals surface area contributed by atoms with Crippen molar-refractivity contribution >= 4 is 35.3 Å². The second kappa shape index (κ2) is 11.3. The van der Waals surface area contributed by atoms with Crippen molar-refractivity contribution in [1.29, 1.82) is 0 Å². The molecule has 1 heterocycles. The molecule has 1 saturated heterocycles. The van der Waals surface area contributed by atoms with Crippen LogP contribution in [-0.2, 0) is 9.59 Å². The number of nitrogens with zero attached hydrogens (tertiary/aromatic N) is 2. The summed E-state index contributed by atoms with van der Waals surface area (Å²) >= 11 is 7.79. The monoisotopic (exact) mass is 374 g/mol. The maximum Gasteiger partial charge on any atom is 0.414 e. The molecule has 1 aliphatic heterocycles. The number of carboxylic acids is 2. The zero-order valence-electron chi connectivity index (χ0n) is 13.7. The molecule has 1 aromatic carbocycles. The van der Waals surface area contributed by atoms with Gasteiger partial charge in [0.2, 0.25) is 0 Å². The highest BCUT2D eigenvalue weighted by Crippen LogP contribution is 2.20. The summed E-state index contributed by atoms with van der Waals surface area (Å²) in [6.45, 7) is 9.50. The number of piperazine rings is 1. The number of carboxylic acid groups (broad SMARTS) is 2. The Morgan fingerprint density at radius 1 is 1.04 bits per heavy atom. The number of likely N-dealkylation sites (N-methyl/N-ethyl adjacent to an activating group) is 1. The number of hydrogen-bond donors (Lipinski definition) is 2. The lowest BCUT2D eigenvalue weighted by molar-refractivity contribution is -0.159. The minimum absolute atomic E-state index is 0.815. The third-order valence-corrected chi connectivity index (χ3v) is 4.83. The maximum atomic E-state index is 9.10. The lowest BCUT2D eigenvalue weighted by atomic mass is 10.3. The molecule has 0 unspecified atom stereocenters. The molecule has 8 heteroatoms. The predicted octanol–water partition coefficient (Wildman–Crippen LogP) is 2.23. The van der Waals surface area contributed by atoms with E-state index in [9.17, 15) is 0 Å². The van der Waals surface area contributed by atoms with E-state index in [1.54, 1.807) is 0 Å². The summed E-state index contributed by atoms with van der Waals surface area (Å²) in [5.74, 6) is -2.49. The molecule has 0 atom stereocenters. The van der Waals surface area contributed by atoms with Crippen molar-refractivity contribution in [2.24, 2.45) is 0 Å². The summed E-state index contributed by atoms with van der Waals surface area (Å²) in [6, 6.07) is 8.12. The number of carbonyl (C=O) groups is 2. The molecule has 0 bridgehead atoms. The number of aliphatic carboxylic acids is 2. The maximum absolute atomic E-state index is 9.10. The molecule has 24 heavy (non-hydrogen) atoms. The lowest BCUT2D eigenvalue weighted by Crippen LogP contribution is -2.46. The third kappa shape index (κ3) is 8.54. The van der Waals surface area contributed by atoms with Crippen LogP contribution in [0.1, 0.15) is 6.92 Å². The molecule has 0 amide bonds. The molecule has 6 nitrogen and oxygen atoms in total. The van der Waals surface area contributed by atoms with Crippen molar-refractivity contribution in [3.63, 3.8) is 0 Å². The first-order valence-electron chi connectivity index (χ1n) is 7.71. The second-order valence-corrected chi connectivity index (χ2v) is 6.79. The summed E-state index contributed by atoms with van der Waals surface area (Å²) in [6.07, 6.45) is 0. The summed E-state index contributed by atoms with van der Waals surface area (Å²) in [5, 5.41) is 15.6. The van der Waals surface area contributed by atoms with Gasteiger partial charge in [-0.15, -0.1) is 11.8 Å². The van der Waals surface area contributed by atoms with E-state index in [2.05, 4.69) is 28.9 Å². The molecule has 1 fully saturated rings. The Labute approximate surface area is 151 Å². The zero-order chi connectivity index (χ0) is 17.9. The van der Waals surface area contributed by atoms with Crippen molar-refractivity contribution in [3.05, 3.63) is 29.3 Å². The normalized spacial score (nSPS) is 15.4. The zero-order valence-corrected chi connectivity index (χ0v) is 15.2. The number of rotatable bonds is 5. The molecule has 0 aromatic heterocycles. The third-order valence-electron chi connectivity index (χ3n) is 3.58. The molecule has 0 spiro atoms. The Bertz CT molecular complexity index is 507. The van der Waals surface area contributed by atoms with E-state index in [0.29, 0.717) is 0 Å². The molecular formula is C16H23ClN2O4S. The van der Waals surface area contributed by atoms with Gasteiger partial charge in [0.25, 0.3) is 0 Å². The lowest BCUT2D eigenvalue weighted by Gasteiger charge is -2.33. The standard InChI is InChI=1S/C14H21ClN2S.C2H2O4/c1-2-16-7-9-17(10-8-16)11-12-18-14-5-3-13(15)4-6-14;3-1(4)2(5)6/h3-6H,2,7-12H2,1H3;(H,3,4)(H,5,6). The highest BCUT2D eigenvalue weighted by atomic mass is 35.5. The summed E-state index contributed by atoms with van der Waals surface area (Å²) in [5.41, 5.74) is 0. The van der Waals surface area contributed by atoms with Gasteiger partial charge >= 0.3 is 11.9 Å². The molecular weight excluding hydrogens is 352 g/mol. The van der Waals surface area contributed by atoms with Gasteiger partial charge < -0.3 is 15.1 Å². The Balaban J connectivity index is 0.000000413. The van der Waals surface area contributed by atoms with Gasteiger partial charge in [0.1, 0.15) is 0 Å². The average molecular weight is 375 g/mol. The van der Waals surface area contributed by atoms with Crippen LogP contribution >= 0.6 is 23.4 Å². The van der Waals surface area contributed by atoms with Crippen LogP contribution in [0.4, 0.5) is 0 Å². The summed E-state index contributed by atoms with van der Waals surface area (Å²) in [7, 11) is 0. The number of halogens is 1. The highest BCUT2D eigenvalue weighted by molar-refractivity contribution is 7.99. The molecule has 0 aliphatic carbocycles. The molecule has 134 valence electrons. The molecule has 1 aliphatic rings. The van der Waals surface area contributed by atoms with Gasteiger partial charge in [0, 0.05) is 48.4 Å². The van der Waals surface area contributed by atoms with Crippen LogP contribution in [0.2, 0.25) is 5.02 Å². The van der Waals surface area contributed by atoms with Gasteiger partial charge in [-0.2, -0.15) is 0 Å². The second-order valence-electron chi connectivity index (χ2n) is 5.19. The molecule has 1 aromatic rings. The van der Waals surface area contributed by atoms with Crippen LogP contribution < -0.4 is 0 Å². The fourth-order valence-corrected chi connectivity index (χ4v) is 3.19. The van der Waals surface area contributed by atoms with Crippen molar-refractivity contribution < 1.29 is 19.8 Å². The van der Waals surface area contributed by atoms with Gasteiger partial charge in [-0.3, -0.25) is 4.90 Å². The quantitative estimate of drug-likeness (QED) is 0.604. The van der Waals surface area contributed by atoms with Crippen molar-refractivity contribution in [3.8, 4) is 0 Å². The Hall–Kier alpha value is -1.28. The van der Waals surface area contributed by atoms with Crippen LogP contribution in [0.15, 0.2) is 29.2 Å². The van der Waals surface area contributed by atoms with Crippen molar-refractivity contribution in [1.82, 2.24) is 9.80 Å². The largest absolute Gasteiger partial charge is 0.473 e. The number of benzene rings is 1. The highest BCUT2D eigenvalue weighted by Gasteiger charge is 2.14. The van der Waals surface area contributed by atoms with Crippen LogP contribution in [0.3, 0.4) is 0 Å². The fraction of sp³-hybridized carbons (Fsp3) is 0.500. The van der Waals surface area contributed by atoms with Gasteiger partial charge in [-0.25, -0.2) is 9.59 Å². The summed E-state index contributed by atoms with van der Waals surface area (Å²) < 4.78 is 0. The van der Waals surface area contributed by atoms with E-state index in [1.165, 1.54) is 44.2 Å². The molecule has 2 N–H and O–H groups in total. The first kappa shape index (κ1) is 20.8. The molecule has 2 rings (SSSR count). The Kier molecular flexibility index (Phi) is 9.78. The molecule has 0 saturated carbocycles. The minimum atomic E-state index is -1.82. The van der Waals surface area contributed by atoms with Gasteiger partial charge in [0.05, 0.1) is 0 Å². The van der Waals surface area contributed by atoms with Crippen molar-refractivity contribution in [2.75, 3.05) is 45.0 Å². The van der Waals surface area contributed by atoms with Crippen LogP contribution in [-0.4, -0.2) is 77.0 Å². The van der Waals surface area contributed by atoms with Gasteiger partial charge in [0.15, 0.2) is 0 Å². The SMILES string of the molecule is CCN1CCN(CCSc2ccc(Cl)cc2)CC1.O=C(O)C(=O)O. The summed E-state index contributed by atoms with van der Waals surface area (Å²) in [4.78, 5) is 24.6. The first-order valence-corrected chi connectivity index (χ1v) is 9.08. The van der Waals surface area contributed by atoms with E-state index in [0.717, 1.165) is 10.8 Å². The van der Waals surface area contributed by atoms with E-state index in [-0.39, 0.29) is 0 Å². The molecule has 0 radical (unpaired) electrons. The minimum Gasteiger partial charge on any atom is -0.473 e. The van der Waals surface area contributed by atoms with E-state index < -0.39 is 11.9 Å². The number of hydrogen-bond acceptors (Lipinski definition) is 5. The Morgan fingerprint density at radius 2 is 1.54 bits per heavy atom. The van der Waals surface area contributed by atoms with E-state index >= 15 is 0 Å². The van der Waals surface area contributed by atoms with Gasteiger partial charge in [-0.1, -0.05) is 18.5 Å². The smallest absolute Gasteiger partial charge is 0.414 e. The topological polar surface area (TPSA) is 81.1 Å². The van der Waals surface area contributed by atoms with Gasteiger partial charge in [-0.05, 0) is 30.8 Å². The van der Waals surface area contributed by atoms with Crippen LogP contribution in [0, 0.1) is 0 Å². The predicted molar refractivity (Wildman–Crippen MR) is 96.0 cm³/mol. The van der Waals surface area contributed by atoms with Crippen molar-refractivity contribution in [2.45, 2.75) is 11.8 Å². The number of thioether (sulfide) groups is 1. The average Bonchev–Trinajstić information content (AvgIpc) is 2.58. The van der Waals surface area contributed by atoms with E-state index in [1.807, 2.05) is 23.9 Å². The van der Waals surface area contributed by atoms with Crippen LogP contribution in [0.5, 0.6) is 0 Å². The Morgan fingerprint density at radius 3 is 2.00 bits per heavy atom. The fourth-order valence-electron chi connectivity index (χ4n) is 2.15. The van der Waals surface area contributed by atoms with Crippen LogP contribution in [0.25, 0.3) is 0 Å².